The number of unbranched alkanes of at least 4 members (excludes halogenated alkanes) is 2. The van der Waals surface area contributed by atoms with Gasteiger partial charge in [0.05, 0.1) is 33.0 Å². The van der Waals surface area contributed by atoms with Crippen LogP contribution in [-0.2, 0) is 14.2 Å². The topological polar surface area (TPSA) is 79.7 Å². The zero-order valence-electron chi connectivity index (χ0n) is 16.1. The summed E-state index contributed by atoms with van der Waals surface area (Å²) in [7, 11) is 0. The molecule has 0 spiro atoms. The van der Waals surface area contributed by atoms with Crippen molar-refractivity contribution in [2.75, 3.05) is 52.7 Å². The summed E-state index contributed by atoms with van der Waals surface area (Å²) in [5.74, 6) is 1.64. The summed E-state index contributed by atoms with van der Waals surface area (Å²) in [6.07, 6.45) is 8.82. The van der Waals surface area contributed by atoms with Crippen molar-refractivity contribution in [3.63, 3.8) is 0 Å². The van der Waals surface area contributed by atoms with Gasteiger partial charge in [0.15, 0.2) is 0 Å². The fourth-order valence-electron chi connectivity index (χ4n) is 2.89. The summed E-state index contributed by atoms with van der Waals surface area (Å²) < 4.78 is 16.2. The van der Waals surface area contributed by atoms with Crippen LogP contribution in [0.4, 0.5) is 0 Å². The molecule has 146 valence electrons. The van der Waals surface area contributed by atoms with Gasteiger partial charge in [-0.25, -0.2) is 0 Å². The minimum Gasteiger partial charge on any atom is -0.379 e. The van der Waals surface area contributed by atoms with E-state index in [2.05, 4.69) is 13.8 Å². The van der Waals surface area contributed by atoms with Crippen LogP contribution in [0.15, 0.2) is 0 Å². The molecule has 0 amide bonds. The fraction of sp³-hybridized carbons (Fsp3) is 1.00. The average molecular weight is 347 g/mol. The van der Waals surface area contributed by atoms with Crippen LogP contribution in [0.25, 0.3) is 0 Å². The summed E-state index contributed by atoms with van der Waals surface area (Å²) in [5.41, 5.74) is 10.9. The van der Waals surface area contributed by atoms with Crippen molar-refractivity contribution < 1.29 is 14.2 Å². The normalized spacial score (nSPS) is 14.0. The van der Waals surface area contributed by atoms with E-state index in [0.717, 1.165) is 37.8 Å². The Bertz CT molecular complexity index is 243. The molecule has 0 aliphatic carbocycles. The van der Waals surface area contributed by atoms with Gasteiger partial charge in [0.2, 0.25) is 0 Å². The molecular formula is C19H42N2O3. The van der Waals surface area contributed by atoms with Gasteiger partial charge in [-0.2, -0.15) is 0 Å². The van der Waals surface area contributed by atoms with E-state index >= 15 is 0 Å². The first-order valence-electron chi connectivity index (χ1n) is 9.84. The molecular weight excluding hydrogens is 304 g/mol. The molecule has 0 saturated carbocycles. The summed E-state index contributed by atoms with van der Waals surface area (Å²) in [5, 5.41) is 0. The van der Waals surface area contributed by atoms with Gasteiger partial charge in [-0.15, -0.1) is 0 Å². The highest BCUT2D eigenvalue weighted by Gasteiger charge is 2.08. The Balaban J connectivity index is 3.19. The first kappa shape index (κ1) is 23.8. The molecule has 24 heavy (non-hydrogen) atoms. The summed E-state index contributed by atoms with van der Waals surface area (Å²) in [6, 6.07) is 0. The number of ether oxygens (including phenoxy) is 3. The van der Waals surface area contributed by atoms with E-state index in [-0.39, 0.29) is 0 Å². The van der Waals surface area contributed by atoms with Crippen molar-refractivity contribution in [2.24, 2.45) is 23.3 Å². The summed E-state index contributed by atoms with van der Waals surface area (Å²) >= 11 is 0. The lowest BCUT2D eigenvalue weighted by molar-refractivity contribution is 0.0152. The lowest BCUT2D eigenvalue weighted by atomic mass is 9.90. The lowest BCUT2D eigenvalue weighted by Gasteiger charge is -2.16. The largest absolute Gasteiger partial charge is 0.379 e. The minimum atomic E-state index is 0.565. The van der Waals surface area contributed by atoms with E-state index in [1.165, 1.54) is 32.1 Å². The highest BCUT2D eigenvalue weighted by atomic mass is 16.5. The van der Waals surface area contributed by atoms with Crippen LogP contribution in [0.3, 0.4) is 0 Å². The Morgan fingerprint density at radius 1 is 0.583 bits per heavy atom. The van der Waals surface area contributed by atoms with Crippen molar-refractivity contribution in [3.8, 4) is 0 Å². The Hall–Kier alpha value is -0.200. The van der Waals surface area contributed by atoms with Crippen molar-refractivity contribution in [3.05, 3.63) is 0 Å². The molecule has 0 bridgehead atoms. The number of rotatable bonds is 19. The maximum absolute atomic E-state index is 5.58. The SMILES string of the molecule is CC(CCCN)CC(C)CCCCCOCCOCCOCCN. The Kier molecular flexibility index (Phi) is 19.0. The quantitative estimate of drug-likeness (QED) is 0.352. The second-order valence-electron chi connectivity index (χ2n) is 6.85. The van der Waals surface area contributed by atoms with E-state index in [9.17, 15) is 0 Å². The van der Waals surface area contributed by atoms with Gasteiger partial charge in [0, 0.05) is 13.2 Å². The van der Waals surface area contributed by atoms with Crippen LogP contribution in [0.2, 0.25) is 0 Å². The molecule has 0 fully saturated rings. The van der Waals surface area contributed by atoms with Crippen molar-refractivity contribution in [1.82, 2.24) is 0 Å². The van der Waals surface area contributed by atoms with Gasteiger partial charge in [-0.05, 0) is 44.1 Å². The van der Waals surface area contributed by atoms with Gasteiger partial charge in [-0.1, -0.05) is 33.1 Å². The van der Waals surface area contributed by atoms with Crippen LogP contribution in [0.1, 0.15) is 58.8 Å². The molecule has 0 aliphatic rings. The smallest absolute Gasteiger partial charge is 0.0701 e. The van der Waals surface area contributed by atoms with Crippen molar-refractivity contribution >= 4 is 0 Å². The number of hydrogen-bond donors (Lipinski definition) is 2. The predicted octanol–water partition coefficient (Wildman–Crippen LogP) is 2.96. The molecule has 0 radical (unpaired) electrons. The molecule has 5 heteroatoms. The molecule has 0 aromatic rings. The molecule has 0 saturated heterocycles. The second-order valence-corrected chi connectivity index (χ2v) is 6.85. The minimum absolute atomic E-state index is 0.565. The molecule has 2 unspecified atom stereocenters. The van der Waals surface area contributed by atoms with E-state index in [1.54, 1.807) is 0 Å². The Morgan fingerprint density at radius 3 is 1.71 bits per heavy atom. The number of nitrogens with two attached hydrogens (primary N) is 2. The van der Waals surface area contributed by atoms with Crippen LogP contribution in [0.5, 0.6) is 0 Å². The van der Waals surface area contributed by atoms with Gasteiger partial charge < -0.3 is 25.7 Å². The van der Waals surface area contributed by atoms with E-state index < -0.39 is 0 Å². The molecule has 0 aromatic heterocycles. The zero-order valence-corrected chi connectivity index (χ0v) is 16.1. The standard InChI is InChI=1S/C19H42N2O3/c1-18(17-19(2)8-6-9-20)7-4-3-5-11-22-13-15-24-16-14-23-12-10-21/h18-19H,3-17,20-21H2,1-2H3. The Labute approximate surface area is 149 Å². The van der Waals surface area contributed by atoms with Crippen LogP contribution >= 0.6 is 0 Å². The third kappa shape index (κ3) is 18.1. The van der Waals surface area contributed by atoms with Crippen molar-refractivity contribution in [2.45, 2.75) is 58.8 Å². The summed E-state index contributed by atoms with van der Waals surface area (Å²) in [6.45, 7) is 10.1. The van der Waals surface area contributed by atoms with Crippen LogP contribution < -0.4 is 11.5 Å². The molecule has 4 N–H and O–H groups in total. The van der Waals surface area contributed by atoms with Gasteiger partial charge in [0.25, 0.3) is 0 Å². The van der Waals surface area contributed by atoms with Crippen LogP contribution in [0, 0.1) is 11.8 Å². The highest BCUT2D eigenvalue weighted by molar-refractivity contribution is 4.61. The molecule has 0 aromatic carbocycles. The monoisotopic (exact) mass is 346 g/mol. The van der Waals surface area contributed by atoms with Gasteiger partial charge >= 0.3 is 0 Å². The molecule has 0 rings (SSSR count). The fourth-order valence-corrected chi connectivity index (χ4v) is 2.89. The average Bonchev–Trinajstić information content (AvgIpc) is 2.57. The first-order valence-corrected chi connectivity index (χ1v) is 9.84. The third-order valence-corrected chi connectivity index (χ3v) is 4.20. The van der Waals surface area contributed by atoms with Crippen LogP contribution in [-0.4, -0.2) is 52.7 Å². The van der Waals surface area contributed by atoms with E-state index in [4.69, 9.17) is 25.7 Å². The number of hydrogen-bond acceptors (Lipinski definition) is 5. The molecule has 2 atom stereocenters. The maximum Gasteiger partial charge on any atom is 0.0701 e. The molecule has 5 nitrogen and oxygen atoms in total. The highest BCUT2D eigenvalue weighted by Crippen LogP contribution is 2.21. The van der Waals surface area contributed by atoms with E-state index in [1.807, 2.05) is 0 Å². The first-order chi connectivity index (χ1) is 11.7. The molecule has 0 aliphatic heterocycles. The Morgan fingerprint density at radius 2 is 1.12 bits per heavy atom. The van der Waals surface area contributed by atoms with Gasteiger partial charge in [0.1, 0.15) is 0 Å². The zero-order chi connectivity index (χ0) is 17.9. The lowest BCUT2D eigenvalue weighted by Crippen LogP contribution is -2.13. The third-order valence-electron chi connectivity index (χ3n) is 4.20. The maximum atomic E-state index is 5.58. The predicted molar refractivity (Wildman–Crippen MR) is 101 cm³/mol. The summed E-state index contributed by atoms with van der Waals surface area (Å²) in [4.78, 5) is 0. The van der Waals surface area contributed by atoms with Gasteiger partial charge in [-0.3, -0.25) is 0 Å². The second kappa shape index (κ2) is 19.1. The van der Waals surface area contributed by atoms with Crippen molar-refractivity contribution in [1.29, 1.82) is 0 Å². The molecule has 0 heterocycles. The van der Waals surface area contributed by atoms with E-state index in [0.29, 0.717) is 39.6 Å².